The van der Waals surface area contributed by atoms with Gasteiger partial charge in [-0.3, -0.25) is 0 Å². The summed E-state index contributed by atoms with van der Waals surface area (Å²) in [6, 6.07) is 0. The van der Waals surface area contributed by atoms with E-state index < -0.39 is 0 Å². The minimum Gasteiger partial charge on any atom is -1.00 e. The molecule has 0 atom stereocenters. The van der Waals surface area contributed by atoms with Crippen molar-refractivity contribution >= 4 is 23.1 Å². The quantitative estimate of drug-likeness (QED) is 0.379. The zero-order valence-electron chi connectivity index (χ0n) is 4.82. The van der Waals surface area contributed by atoms with E-state index in [0.717, 1.165) is 0 Å². The maximum absolute atomic E-state index is 8.14. The Bertz CT molecular complexity index is 25.7. The van der Waals surface area contributed by atoms with Gasteiger partial charge >= 0.3 is 23.1 Å². The molecule has 0 aliphatic carbocycles. The molecule has 0 fully saturated rings. The predicted octanol–water partition coefficient (Wildman–Crippen LogP) is -2.74. The van der Waals surface area contributed by atoms with Gasteiger partial charge in [0, 0.05) is 6.61 Å². The molecule has 3 heteroatoms. The number of aliphatic hydroxyl groups excluding tert-OH is 1. The Balaban J connectivity index is -0.0000000800. The molecule has 0 heterocycles. The van der Waals surface area contributed by atoms with Crippen molar-refractivity contribution in [3.8, 4) is 0 Å². The minimum atomic E-state index is 0. The van der Waals surface area contributed by atoms with Crippen molar-refractivity contribution in [2.24, 2.45) is 5.92 Å². The topological polar surface area (TPSA) is 20.2 Å². The van der Waals surface area contributed by atoms with E-state index in [9.17, 15) is 0 Å². The standard InChI is InChI=1S/C4H10O.HI.Mg/c1-4(2)3-5;;/h4-5H,3H2,1-2H3;1H;/q;;+2/p-1. The van der Waals surface area contributed by atoms with Crippen LogP contribution in [-0.2, 0) is 0 Å². The third kappa shape index (κ3) is 18.6. The fourth-order valence-electron chi connectivity index (χ4n) is 0. The summed E-state index contributed by atoms with van der Waals surface area (Å²) in [4.78, 5) is 0. The molecule has 0 aromatic heterocycles. The maximum Gasteiger partial charge on any atom is 2.00 e. The van der Waals surface area contributed by atoms with Gasteiger partial charge in [0.25, 0.3) is 0 Å². The summed E-state index contributed by atoms with van der Waals surface area (Å²) in [5, 5.41) is 8.14. The second-order valence-corrected chi connectivity index (χ2v) is 1.58. The van der Waals surface area contributed by atoms with Crippen molar-refractivity contribution in [2.45, 2.75) is 13.8 Å². The van der Waals surface area contributed by atoms with E-state index in [-0.39, 0.29) is 47.0 Å². The van der Waals surface area contributed by atoms with E-state index in [1.807, 2.05) is 13.8 Å². The van der Waals surface area contributed by atoms with Crippen molar-refractivity contribution in [2.75, 3.05) is 6.61 Å². The average molecular weight is 225 g/mol. The van der Waals surface area contributed by atoms with Crippen molar-refractivity contribution in [3.05, 3.63) is 0 Å². The van der Waals surface area contributed by atoms with E-state index in [0.29, 0.717) is 12.5 Å². The van der Waals surface area contributed by atoms with Crippen LogP contribution in [0.4, 0.5) is 0 Å². The van der Waals surface area contributed by atoms with Gasteiger partial charge in [-0.1, -0.05) is 13.8 Å². The SMILES string of the molecule is CC(C)CO.[I-].[Mg+2]. The first-order chi connectivity index (χ1) is 2.27. The van der Waals surface area contributed by atoms with Gasteiger partial charge < -0.3 is 29.1 Å². The van der Waals surface area contributed by atoms with Crippen LogP contribution in [0.15, 0.2) is 0 Å². The first kappa shape index (κ1) is 15.8. The summed E-state index contributed by atoms with van der Waals surface area (Å²) in [5.74, 6) is 0.440. The average Bonchev–Trinajstić information content (AvgIpc) is 1.38. The molecular weight excluding hydrogens is 215 g/mol. The van der Waals surface area contributed by atoms with Crippen LogP contribution in [0.25, 0.3) is 0 Å². The van der Waals surface area contributed by atoms with E-state index in [1.54, 1.807) is 0 Å². The molecule has 0 rings (SSSR count). The van der Waals surface area contributed by atoms with E-state index >= 15 is 0 Å². The molecule has 0 aromatic rings. The van der Waals surface area contributed by atoms with Crippen molar-refractivity contribution in [1.82, 2.24) is 0 Å². The molecule has 0 aliphatic heterocycles. The van der Waals surface area contributed by atoms with Gasteiger partial charge in [0.05, 0.1) is 0 Å². The molecule has 1 N–H and O–H groups in total. The Morgan fingerprint density at radius 3 is 1.57 bits per heavy atom. The Kier molecular flexibility index (Phi) is 23.6. The van der Waals surface area contributed by atoms with Crippen LogP contribution in [0.1, 0.15) is 13.8 Å². The first-order valence-corrected chi connectivity index (χ1v) is 1.88. The molecule has 0 aliphatic rings. The second kappa shape index (κ2) is 10.4. The smallest absolute Gasteiger partial charge is 1.00 e. The van der Waals surface area contributed by atoms with E-state index in [4.69, 9.17) is 5.11 Å². The Morgan fingerprint density at radius 1 is 1.43 bits per heavy atom. The zero-order valence-corrected chi connectivity index (χ0v) is 8.39. The van der Waals surface area contributed by atoms with Gasteiger partial charge in [-0.2, -0.15) is 0 Å². The molecule has 40 valence electrons. The maximum atomic E-state index is 8.14. The van der Waals surface area contributed by atoms with Crippen LogP contribution >= 0.6 is 0 Å². The summed E-state index contributed by atoms with van der Waals surface area (Å²) in [6.07, 6.45) is 0. The molecule has 0 amide bonds. The van der Waals surface area contributed by atoms with Crippen molar-refractivity contribution in [1.29, 1.82) is 0 Å². The van der Waals surface area contributed by atoms with E-state index in [1.165, 1.54) is 0 Å². The Labute approximate surface area is 78.0 Å². The van der Waals surface area contributed by atoms with Crippen LogP contribution in [0.3, 0.4) is 0 Å². The van der Waals surface area contributed by atoms with Gasteiger partial charge in [-0.15, -0.1) is 0 Å². The fraction of sp³-hybridized carbons (Fsp3) is 1.00. The number of halogens is 1. The third-order valence-corrected chi connectivity index (χ3v) is 0.365. The number of hydrogen-bond donors (Lipinski definition) is 1. The normalized spacial score (nSPS) is 6.86. The summed E-state index contributed by atoms with van der Waals surface area (Å²) >= 11 is 0. The minimum absolute atomic E-state index is 0. The monoisotopic (exact) mass is 225 g/mol. The van der Waals surface area contributed by atoms with Crippen LogP contribution in [-0.4, -0.2) is 34.8 Å². The van der Waals surface area contributed by atoms with Gasteiger partial charge in [0.1, 0.15) is 0 Å². The van der Waals surface area contributed by atoms with Crippen LogP contribution in [0, 0.1) is 5.92 Å². The predicted molar refractivity (Wildman–Crippen MR) is 27.7 cm³/mol. The number of hydrogen-bond acceptors (Lipinski definition) is 1. The van der Waals surface area contributed by atoms with Crippen molar-refractivity contribution in [3.63, 3.8) is 0 Å². The van der Waals surface area contributed by atoms with Crippen LogP contribution in [0.2, 0.25) is 0 Å². The summed E-state index contributed by atoms with van der Waals surface area (Å²) in [5.41, 5.74) is 0. The van der Waals surface area contributed by atoms with Crippen molar-refractivity contribution < 1.29 is 29.1 Å². The molecule has 1 nitrogen and oxygen atoms in total. The van der Waals surface area contributed by atoms with Gasteiger partial charge in [-0.05, 0) is 5.92 Å². The third-order valence-electron chi connectivity index (χ3n) is 0.365. The zero-order chi connectivity index (χ0) is 4.28. The number of aliphatic hydroxyl groups is 1. The molecule has 0 saturated heterocycles. The molecule has 0 spiro atoms. The fourth-order valence-corrected chi connectivity index (χ4v) is 0. The van der Waals surface area contributed by atoms with Gasteiger partial charge in [0.2, 0.25) is 0 Å². The molecule has 0 aromatic carbocycles. The molecule has 7 heavy (non-hydrogen) atoms. The Morgan fingerprint density at radius 2 is 1.57 bits per heavy atom. The van der Waals surface area contributed by atoms with E-state index in [2.05, 4.69) is 0 Å². The van der Waals surface area contributed by atoms with Gasteiger partial charge in [-0.25, -0.2) is 0 Å². The molecule has 0 unspecified atom stereocenters. The van der Waals surface area contributed by atoms with Gasteiger partial charge in [0.15, 0.2) is 0 Å². The van der Waals surface area contributed by atoms with Crippen LogP contribution in [0.5, 0.6) is 0 Å². The second-order valence-electron chi connectivity index (χ2n) is 1.58. The molecule has 0 saturated carbocycles. The summed E-state index contributed by atoms with van der Waals surface area (Å²) in [7, 11) is 0. The molecular formula is C4H10IMgO+. The summed E-state index contributed by atoms with van der Waals surface area (Å²) < 4.78 is 0. The Hall–Kier alpha value is 1.46. The molecule has 0 radical (unpaired) electrons. The first-order valence-electron chi connectivity index (χ1n) is 1.88. The number of rotatable bonds is 1. The molecule has 0 bridgehead atoms. The van der Waals surface area contributed by atoms with Crippen LogP contribution < -0.4 is 24.0 Å². The summed E-state index contributed by atoms with van der Waals surface area (Å²) in [6.45, 7) is 4.25. The largest absolute Gasteiger partial charge is 2.00 e.